The molecule has 2 fully saturated rings. The molecule has 2 aliphatic heterocycles. The second kappa shape index (κ2) is 13.1. The molecule has 0 aromatic carbocycles. The van der Waals surface area contributed by atoms with Crippen LogP contribution in [0.25, 0.3) is 0 Å². The van der Waals surface area contributed by atoms with Crippen molar-refractivity contribution in [2.75, 3.05) is 6.61 Å². The first-order valence-corrected chi connectivity index (χ1v) is 11.1. The Hall–Kier alpha value is -0.240. The summed E-state index contributed by atoms with van der Waals surface area (Å²) in [6.07, 6.45) is 11.5. The largest absolute Gasteiger partial charge is 0.394 e. The first-order chi connectivity index (χ1) is 13.2. The van der Waals surface area contributed by atoms with Gasteiger partial charge in [-0.25, -0.2) is 0 Å². The lowest BCUT2D eigenvalue weighted by Gasteiger charge is -2.36. The lowest BCUT2D eigenvalue weighted by Crippen LogP contribution is -2.57. The van der Waals surface area contributed by atoms with Crippen molar-refractivity contribution in [1.82, 2.24) is 0 Å². The smallest absolute Gasteiger partial charge is 0.190 e. The molecular formula is C21H40O6. The van der Waals surface area contributed by atoms with E-state index in [-0.39, 0.29) is 6.61 Å². The Bertz CT molecular complexity index is 380. The molecule has 0 aromatic rings. The predicted octanol–water partition coefficient (Wildman–Crippen LogP) is 3.26. The zero-order valence-electron chi connectivity index (χ0n) is 16.9. The molecule has 6 nitrogen and oxygen atoms in total. The summed E-state index contributed by atoms with van der Waals surface area (Å²) in [5, 5.41) is 29.2. The summed E-state index contributed by atoms with van der Waals surface area (Å²) in [5.41, 5.74) is 0. The number of hydrogen-bond acceptors (Lipinski definition) is 6. The first-order valence-electron chi connectivity index (χ1n) is 11.1. The summed E-state index contributed by atoms with van der Waals surface area (Å²) in [4.78, 5) is 0. The molecule has 0 aliphatic carbocycles. The van der Waals surface area contributed by atoms with Crippen molar-refractivity contribution in [3.8, 4) is 0 Å². The van der Waals surface area contributed by atoms with E-state index in [4.69, 9.17) is 14.2 Å². The van der Waals surface area contributed by atoms with Gasteiger partial charge in [-0.15, -0.1) is 0 Å². The SMILES string of the molecule is CCCCCCCCCCCCCCC1OC2O[C@H](CO)[C@@H](O)[C@H](O)[C@H]2O1. The van der Waals surface area contributed by atoms with E-state index in [1.165, 1.54) is 64.2 Å². The van der Waals surface area contributed by atoms with Gasteiger partial charge >= 0.3 is 0 Å². The molecule has 27 heavy (non-hydrogen) atoms. The van der Waals surface area contributed by atoms with Gasteiger partial charge in [0, 0.05) is 0 Å². The fourth-order valence-corrected chi connectivity index (χ4v) is 3.96. The molecular weight excluding hydrogens is 348 g/mol. The maximum absolute atomic E-state index is 10.1. The number of aliphatic hydroxyl groups is 3. The quantitative estimate of drug-likeness (QED) is 0.396. The van der Waals surface area contributed by atoms with Crippen molar-refractivity contribution in [1.29, 1.82) is 0 Å². The van der Waals surface area contributed by atoms with Crippen molar-refractivity contribution in [3.05, 3.63) is 0 Å². The summed E-state index contributed by atoms with van der Waals surface area (Å²) in [6.45, 7) is 1.90. The number of hydrogen-bond donors (Lipinski definition) is 3. The molecule has 2 aliphatic rings. The van der Waals surface area contributed by atoms with E-state index < -0.39 is 37.0 Å². The van der Waals surface area contributed by atoms with E-state index in [1.54, 1.807) is 0 Å². The maximum Gasteiger partial charge on any atom is 0.190 e. The standard InChI is InChI=1S/C21H40O6/c1-2-3-4-5-6-7-8-9-10-11-12-13-14-17-26-20-19(24)18(23)16(15-22)25-21(20)27-17/h16-24H,2-15H2,1H3/t16-,17?,18-,19+,20-,21?/m1/s1. The highest BCUT2D eigenvalue weighted by molar-refractivity contribution is 4.92. The summed E-state index contributed by atoms with van der Waals surface area (Å²) < 4.78 is 16.9. The predicted molar refractivity (Wildman–Crippen MR) is 103 cm³/mol. The van der Waals surface area contributed by atoms with Crippen molar-refractivity contribution >= 4 is 0 Å². The van der Waals surface area contributed by atoms with Crippen LogP contribution in [0.3, 0.4) is 0 Å². The third-order valence-electron chi connectivity index (χ3n) is 5.71. The minimum absolute atomic E-state index is 0.353. The molecule has 2 heterocycles. The van der Waals surface area contributed by atoms with Crippen LogP contribution in [-0.4, -0.2) is 58.9 Å². The van der Waals surface area contributed by atoms with Crippen molar-refractivity contribution in [2.45, 2.75) is 127 Å². The monoisotopic (exact) mass is 388 g/mol. The van der Waals surface area contributed by atoms with Crippen molar-refractivity contribution in [3.63, 3.8) is 0 Å². The summed E-state index contributed by atoms with van der Waals surface area (Å²) in [7, 11) is 0. The van der Waals surface area contributed by atoms with E-state index in [0.29, 0.717) is 0 Å². The molecule has 2 rings (SSSR count). The average molecular weight is 389 g/mol. The molecule has 160 valence electrons. The molecule has 2 saturated heterocycles. The Morgan fingerprint density at radius 1 is 0.667 bits per heavy atom. The molecule has 0 saturated carbocycles. The van der Waals surface area contributed by atoms with Crippen LogP contribution in [0.1, 0.15) is 90.4 Å². The molecule has 0 radical (unpaired) electrons. The van der Waals surface area contributed by atoms with Gasteiger partial charge in [-0.3, -0.25) is 0 Å². The van der Waals surface area contributed by atoms with Gasteiger partial charge in [-0.2, -0.15) is 0 Å². The Balaban J connectivity index is 1.45. The van der Waals surface area contributed by atoms with Crippen LogP contribution < -0.4 is 0 Å². The highest BCUT2D eigenvalue weighted by Crippen LogP contribution is 2.32. The molecule has 0 amide bonds. The lowest BCUT2D eigenvalue weighted by molar-refractivity contribution is -0.253. The van der Waals surface area contributed by atoms with Gasteiger partial charge < -0.3 is 29.5 Å². The Kier molecular flexibility index (Phi) is 11.2. The number of rotatable bonds is 14. The Morgan fingerprint density at radius 2 is 1.22 bits per heavy atom. The topological polar surface area (TPSA) is 88.4 Å². The minimum Gasteiger partial charge on any atom is -0.394 e. The number of unbranched alkanes of at least 4 members (excludes halogenated alkanes) is 11. The number of aliphatic hydroxyl groups excluding tert-OH is 3. The molecule has 6 heteroatoms. The van der Waals surface area contributed by atoms with Gasteiger partial charge in [0.15, 0.2) is 12.6 Å². The van der Waals surface area contributed by atoms with Gasteiger partial charge in [0.25, 0.3) is 0 Å². The first kappa shape index (κ1) is 23.0. The lowest BCUT2D eigenvalue weighted by atomic mass is 9.99. The third kappa shape index (κ3) is 7.59. The van der Waals surface area contributed by atoms with Crippen LogP contribution in [0.2, 0.25) is 0 Å². The van der Waals surface area contributed by atoms with E-state index in [0.717, 1.165) is 19.3 Å². The molecule has 3 N–H and O–H groups in total. The van der Waals surface area contributed by atoms with Crippen LogP contribution in [0.15, 0.2) is 0 Å². The normalized spacial score (nSPS) is 33.3. The maximum atomic E-state index is 10.1. The zero-order chi connectivity index (χ0) is 19.5. The minimum atomic E-state index is -1.15. The highest BCUT2D eigenvalue weighted by Gasteiger charge is 2.50. The van der Waals surface area contributed by atoms with E-state index in [2.05, 4.69) is 6.92 Å². The van der Waals surface area contributed by atoms with E-state index in [1.807, 2.05) is 0 Å². The van der Waals surface area contributed by atoms with Crippen LogP contribution in [0, 0.1) is 0 Å². The second-order valence-corrected chi connectivity index (χ2v) is 8.05. The molecule has 0 bridgehead atoms. The zero-order valence-corrected chi connectivity index (χ0v) is 16.9. The third-order valence-corrected chi connectivity index (χ3v) is 5.71. The van der Waals surface area contributed by atoms with Crippen molar-refractivity contribution < 1.29 is 29.5 Å². The molecule has 6 atom stereocenters. The van der Waals surface area contributed by atoms with Crippen molar-refractivity contribution in [2.24, 2.45) is 0 Å². The van der Waals surface area contributed by atoms with Gasteiger partial charge in [-0.05, 0) is 12.8 Å². The van der Waals surface area contributed by atoms with Crippen LogP contribution in [0.4, 0.5) is 0 Å². The van der Waals surface area contributed by atoms with Crippen LogP contribution in [0.5, 0.6) is 0 Å². The summed E-state index contributed by atoms with van der Waals surface area (Å²) in [6, 6.07) is 0. The molecule has 0 aromatic heterocycles. The Labute approximate surface area is 164 Å². The fraction of sp³-hybridized carbons (Fsp3) is 1.00. The summed E-state index contributed by atoms with van der Waals surface area (Å²) in [5.74, 6) is 0. The molecule has 0 spiro atoms. The average Bonchev–Trinajstić information content (AvgIpc) is 3.08. The van der Waals surface area contributed by atoms with Gasteiger partial charge in [0.2, 0.25) is 0 Å². The van der Waals surface area contributed by atoms with E-state index in [9.17, 15) is 15.3 Å². The Morgan fingerprint density at radius 3 is 1.78 bits per heavy atom. The fourth-order valence-electron chi connectivity index (χ4n) is 3.96. The number of ether oxygens (including phenoxy) is 3. The van der Waals surface area contributed by atoms with E-state index >= 15 is 0 Å². The van der Waals surface area contributed by atoms with Gasteiger partial charge in [0.1, 0.15) is 24.4 Å². The number of fused-ring (bicyclic) bond motifs is 1. The molecule has 2 unspecified atom stereocenters. The van der Waals surface area contributed by atoms with Crippen LogP contribution in [-0.2, 0) is 14.2 Å². The summed E-state index contributed by atoms with van der Waals surface area (Å²) >= 11 is 0. The van der Waals surface area contributed by atoms with Crippen LogP contribution >= 0.6 is 0 Å². The van der Waals surface area contributed by atoms with Gasteiger partial charge in [-0.1, -0.05) is 77.6 Å². The highest BCUT2D eigenvalue weighted by atomic mass is 16.8. The second-order valence-electron chi connectivity index (χ2n) is 8.05. The van der Waals surface area contributed by atoms with Gasteiger partial charge in [0.05, 0.1) is 6.61 Å².